The quantitative estimate of drug-likeness (QED) is 0.326. The average Bonchev–Trinajstić information content (AvgIpc) is 3.49. The van der Waals surface area contributed by atoms with Crippen LogP contribution in [0.4, 0.5) is 11.6 Å². The van der Waals surface area contributed by atoms with Crippen LogP contribution >= 0.6 is 0 Å². The van der Waals surface area contributed by atoms with Crippen molar-refractivity contribution in [3.05, 3.63) is 65.7 Å². The Morgan fingerprint density at radius 3 is 2.54 bits per heavy atom. The third kappa shape index (κ3) is 5.08. The van der Waals surface area contributed by atoms with E-state index in [2.05, 4.69) is 20.4 Å². The van der Waals surface area contributed by atoms with Crippen molar-refractivity contribution in [2.24, 2.45) is 0 Å². The summed E-state index contributed by atoms with van der Waals surface area (Å²) in [6.45, 7) is 8.40. The zero-order valence-electron chi connectivity index (χ0n) is 23.4. The van der Waals surface area contributed by atoms with Gasteiger partial charge < -0.3 is 15.1 Å². The molecule has 41 heavy (non-hydrogen) atoms. The lowest BCUT2D eigenvalue weighted by Gasteiger charge is -2.35. The second kappa shape index (κ2) is 10.1. The number of fused-ring (bicyclic) bond motifs is 2. The lowest BCUT2D eigenvalue weighted by atomic mass is 10.1. The highest BCUT2D eigenvalue weighted by atomic mass is 32.2. The van der Waals surface area contributed by atoms with Crippen LogP contribution in [0.1, 0.15) is 24.0 Å². The number of carbonyl (C=O) groups is 1. The van der Waals surface area contributed by atoms with Gasteiger partial charge in [0.25, 0.3) is 0 Å². The molecule has 1 aromatic carbocycles. The van der Waals surface area contributed by atoms with Gasteiger partial charge in [-0.1, -0.05) is 12.1 Å². The summed E-state index contributed by atoms with van der Waals surface area (Å²) in [5.41, 5.74) is 4.86. The van der Waals surface area contributed by atoms with Crippen LogP contribution in [-0.2, 0) is 21.2 Å². The molecule has 1 fully saturated rings. The normalized spacial score (nSPS) is 14.2. The first kappa shape index (κ1) is 26.7. The van der Waals surface area contributed by atoms with E-state index in [4.69, 9.17) is 10.1 Å². The lowest BCUT2D eigenvalue weighted by Crippen LogP contribution is -2.48. The van der Waals surface area contributed by atoms with Gasteiger partial charge in [-0.15, -0.1) is 10.2 Å². The molecule has 0 atom stereocenters. The van der Waals surface area contributed by atoms with Crippen molar-refractivity contribution < 1.29 is 13.2 Å². The fourth-order valence-electron chi connectivity index (χ4n) is 5.23. The minimum atomic E-state index is -3.32. The highest BCUT2D eigenvalue weighted by Crippen LogP contribution is 2.32. The fourth-order valence-corrected chi connectivity index (χ4v) is 5.92. The number of hydrogen-bond acceptors (Lipinski definition) is 9. The maximum Gasteiger partial charge on any atom is 0.219 e. The van der Waals surface area contributed by atoms with Gasteiger partial charge in [-0.05, 0) is 49.2 Å². The van der Waals surface area contributed by atoms with Crippen molar-refractivity contribution in [3.8, 4) is 11.1 Å². The number of piperazine rings is 1. The number of pyridine rings is 1. The van der Waals surface area contributed by atoms with E-state index >= 15 is 0 Å². The minimum absolute atomic E-state index is 0.0690. The number of carbonyl (C=O) groups excluding carboxylic acids is 1. The van der Waals surface area contributed by atoms with Crippen LogP contribution in [0.3, 0.4) is 0 Å². The van der Waals surface area contributed by atoms with Crippen molar-refractivity contribution >= 4 is 38.7 Å². The molecule has 0 unspecified atom stereocenters. The van der Waals surface area contributed by atoms with E-state index in [9.17, 15) is 13.2 Å². The number of aromatic nitrogens is 6. The summed E-state index contributed by atoms with van der Waals surface area (Å²) < 4.78 is 27.9. The zero-order valence-corrected chi connectivity index (χ0v) is 24.2. The maximum atomic E-state index is 12.1. The second-order valence-corrected chi connectivity index (χ2v) is 12.4. The van der Waals surface area contributed by atoms with Crippen LogP contribution in [-0.4, -0.2) is 80.9 Å². The number of benzene rings is 1. The summed E-state index contributed by atoms with van der Waals surface area (Å²) in [4.78, 5) is 21.3. The first-order valence-electron chi connectivity index (χ1n) is 13.3. The third-order valence-corrected chi connectivity index (χ3v) is 8.58. The molecule has 0 saturated carbocycles. The Bertz CT molecular complexity index is 1900. The first-order valence-corrected chi connectivity index (χ1v) is 15.2. The van der Waals surface area contributed by atoms with Crippen LogP contribution < -0.4 is 10.2 Å². The predicted molar refractivity (Wildman–Crippen MR) is 156 cm³/mol. The molecule has 4 aromatic heterocycles. The van der Waals surface area contributed by atoms with Gasteiger partial charge >= 0.3 is 0 Å². The summed E-state index contributed by atoms with van der Waals surface area (Å²) in [5, 5.41) is 16.8. The van der Waals surface area contributed by atoms with Crippen molar-refractivity contribution in [2.45, 2.75) is 32.2 Å². The summed E-state index contributed by atoms with van der Waals surface area (Å²) in [6.07, 6.45) is 3.15. The van der Waals surface area contributed by atoms with Gasteiger partial charge in [-0.2, -0.15) is 9.61 Å². The highest BCUT2D eigenvalue weighted by Gasteiger charge is 2.23. The lowest BCUT2D eigenvalue weighted by molar-refractivity contribution is -0.129. The number of hydrogen-bond donors (Lipinski definition) is 1. The van der Waals surface area contributed by atoms with Gasteiger partial charge in [-0.3, -0.25) is 9.20 Å². The van der Waals surface area contributed by atoms with Gasteiger partial charge in [0.15, 0.2) is 21.1 Å². The Morgan fingerprint density at radius 1 is 1.02 bits per heavy atom. The molecule has 0 bridgehead atoms. The standard InChI is InChI=1S/C28H31N9O3S/c1-18-27(22-8-9-36-19(2)31-32-26(36)15-22)28-30-25(35-12-10-34(11-13-35)20(3)38)16-24(37(28)33-18)29-17-21-6-5-7-23(14-21)41(4,39)40/h5-9,14-16,29H,10-13,17H2,1-4H3. The van der Waals surface area contributed by atoms with Crippen molar-refractivity contribution in [2.75, 3.05) is 42.7 Å². The van der Waals surface area contributed by atoms with E-state index in [1.165, 1.54) is 6.26 Å². The number of nitrogens with one attached hydrogen (secondary N) is 1. The molecular weight excluding hydrogens is 542 g/mol. The van der Waals surface area contributed by atoms with E-state index in [-0.39, 0.29) is 10.8 Å². The fraction of sp³-hybridized carbons (Fsp3) is 0.321. The molecular formula is C28H31N9O3S. The Hall–Kier alpha value is -4.52. The zero-order chi connectivity index (χ0) is 28.9. The van der Waals surface area contributed by atoms with Crippen molar-refractivity contribution in [3.63, 3.8) is 0 Å². The van der Waals surface area contributed by atoms with Crippen LogP contribution in [0.25, 0.3) is 22.4 Å². The molecule has 1 amide bonds. The minimum Gasteiger partial charge on any atom is -0.366 e. The van der Waals surface area contributed by atoms with E-state index in [0.29, 0.717) is 38.4 Å². The van der Waals surface area contributed by atoms with Gasteiger partial charge in [0.2, 0.25) is 5.91 Å². The molecule has 12 nitrogen and oxygen atoms in total. The van der Waals surface area contributed by atoms with Gasteiger partial charge in [0.05, 0.1) is 10.6 Å². The molecule has 0 spiro atoms. The molecule has 0 aliphatic carbocycles. The smallest absolute Gasteiger partial charge is 0.219 e. The van der Waals surface area contributed by atoms with Crippen LogP contribution in [0.15, 0.2) is 53.6 Å². The molecule has 5 aromatic rings. The second-order valence-electron chi connectivity index (χ2n) is 10.4. The molecule has 0 radical (unpaired) electrons. The van der Waals surface area contributed by atoms with Crippen LogP contribution in [0.2, 0.25) is 0 Å². The van der Waals surface area contributed by atoms with E-state index in [0.717, 1.165) is 45.5 Å². The van der Waals surface area contributed by atoms with Gasteiger partial charge in [0, 0.05) is 63.7 Å². The molecule has 1 saturated heterocycles. The Morgan fingerprint density at radius 2 is 1.80 bits per heavy atom. The largest absolute Gasteiger partial charge is 0.366 e. The Kier molecular flexibility index (Phi) is 6.60. The monoisotopic (exact) mass is 573 g/mol. The van der Waals surface area contributed by atoms with Crippen molar-refractivity contribution in [1.29, 1.82) is 0 Å². The summed E-state index contributed by atoms with van der Waals surface area (Å²) in [5.74, 6) is 2.37. The van der Waals surface area contributed by atoms with Gasteiger partial charge in [-0.25, -0.2) is 13.4 Å². The molecule has 1 N–H and O–H groups in total. The third-order valence-electron chi connectivity index (χ3n) is 7.47. The van der Waals surface area contributed by atoms with Crippen molar-refractivity contribution in [1.82, 2.24) is 34.1 Å². The molecule has 212 valence electrons. The molecule has 5 heterocycles. The van der Waals surface area contributed by atoms with Crippen LogP contribution in [0.5, 0.6) is 0 Å². The summed E-state index contributed by atoms with van der Waals surface area (Å²) in [7, 11) is -3.32. The molecule has 1 aliphatic rings. The number of sulfone groups is 1. The van der Waals surface area contributed by atoms with Crippen LogP contribution in [0, 0.1) is 13.8 Å². The number of rotatable bonds is 6. The van der Waals surface area contributed by atoms with Gasteiger partial charge in [0.1, 0.15) is 17.5 Å². The number of aryl methyl sites for hydroxylation is 2. The van der Waals surface area contributed by atoms with E-state index in [1.807, 2.05) is 53.6 Å². The molecule has 6 rings (SSSR count). The molecule has 1 aliphatic heterocycles. The average molecular weight is 574 g/mol. The number of anilines is 2. The predicted octanol–water partition coefficient (Wildman–Crippen LogP) is 2.74. The summed E-state index contributed by atoms with van der Waals surface area (Å²) in [6, 6.07) is 12.9. The molecule has 13 heteroatoms. The van der Waals surface area contributed by atoms with E-state index < -0.39 is 9.84 Å². The topological polar surface area (TPSA) is 130 Å². The summed E-state index contributed by atoms with van der Waals surface area (Å²) >= 11 is 0. The Balaban J connectivity index is 1.43. The number of amides is 1. The first-order chi connectivity index (χ1) is 19.6. The Labute approximate surface area is 237 Å². The SMILES string of the molecule is CC(=O)N1CCN(c2cc(NCc3cccc(S(C)(=O)=O)c3)n3nc(C)c(-c4ccn5c(C)nnc5c4)c3n2)CC1. The maximum absolute atomic E-state index is 12.1. The van der Waals surface area contributed by atoms with E-state index in [1.54, 1.807) is 29.6 Å². The highest BCUT2D eigenvalue weighted by molar-refractivity contribution is 7.90. The number of nitrogens with zero attached hydrogens (tertiary/aromatic N) is 8.